The van der Waals surface area contributed by atoms with Gasteiger partial charge in [-0.15, -0.1) is 22.7 Å². The van der Waals surface area contributed by atoms with Crippen molar-refractivity contribution < 1.29 is 9.13 Å². The Hall–Kier alpha value is -3.43. The van der Waals surface area contributed by atoms with Gasteiger partial charge in [-0.2, -0.15) is 0 Å². The maximum Gasteiger partial charge on any atom is 0.227 e. The van der Waals surface area contributed by atoms with Crippen LogP contribution in [0.2, 0.25) is 0 Å². The number of hydrogen-bond acceptors (Lipinski definition) is 8. The Labute approximate surface area is 179 Å². The number of nitrogens with one attached hydrogen (secondary N) is 1. The Bertz CT molecular complexity index is 1290. The Morgan fingerprint density at radius 1 is 1.07 bits per heavy atom. The van der Waals surface area contributed by atoms with E-state index in [0.29, 0.717) is 29.5 Å². The second-order valence-corrected chi connectivity index (χ2v) is 8.20. The number of halogens is 1. The Balaban J connectivity index is 1.52. The molecule has 2 aromatic carbocycles. The fourth-order valence-electron chi connectivity index (χ4n) is 2.92. The van der Waals surface area contributed by atoms with Gasteiger partial charge in [-0.25, -0.2) is 19.3 Å². The summed E-state index contributed by atoms with van der Waals surface area (Å²) in [7, 11) is 0. The SMILES string of the molecule is Fc1cccc(Nc2ncc3cc(-c4nccs4)c(OCc4cncs4)cc3n2)c1. The van der Waals surface area contributed by atoms with Crippen molar-refractivity contribution in [2.45, 2.75) is 6.61 Å². The van der Waals surface area contributed by atoms with Crippen molar-refractivity contribution >= 4 is 45.2 Å². The quantitative estimate of drug-likeness (QED) is 0.370. The van der Waals surface area contributed by atoms with Gasteiger partial charge in [0.2, 0.25) is 5.95 Å². The topological polar surface area (TPSA) is 72.8 Å². The largest absolute Gasteiger partial charge is 0.487 e. The number of ether oxygens (including phenoxy) is 1. The van der Waals surface area contributed by atoms with Crippen molar-refractivity contribution in [2.24, 2.45) is 0 Å². The lowest BCUT2D eigenvalue weighted by Crippen LogP contribution is -1.99. The number of fused-ring (bicyclic) bond motifs is 1. The molecule has 0 saturated heterocycles. The van der Waals surface area contributed by atoms with Crippen LogP contribution in [-0.4, -0.2) is 19.9 Å². The van der Waals surface area contributed by atoms with E-state index in [0.717, 1.165) is 20.8 Å². The molecule has 0 aliphatic carbocycles. The molecule has 6 nitrogen and oxygen atoms in total. The maximum atomic E-state index is 13.5. The summed E-state index contributed by atoms with van der Waals surface area (Å²) >= 11 is 3.08. The van der Waals surface area contributed by atoms with Crippen LogP contribution in [0, 0.1) is 5.82 Å². The second-order valence-electron chi connectivity index (χ2n) is 6.33. The summed E-state index contributed by atoms with van der Waals surface area (Å²) in [6.07, 6.45) is 5.28. The monoisotopic (exact) mass is 435 g/mol. The van der Waals surface area contributed by atoms with Crippen LogP contribution in [0.5, 0.6) is 5.75 Å². The zero-order chi connectivity index (χ0) is 20.3. The van der Waals surface area contributed by atoms with E-state index >= 15 is 0 Å². The van der Waals surface area contributed by atoms with Gasteiger partial charge in [-0.05, 0) is 24.3 Å². The Morgan fingerprint density at radius 3 is 2.83 bits per heavy atom. The molecule has 0 atom stereocenters. The molecule has 0 fully saturated rings. The minimum atomic E-state index is -0.326. The van der Waals surface area contributed by atoms with Gasteiger partial charge < -0.3 is 10.1 Å². The fraction of sp³-hybridized carbons (Fsp3) is 0.0476. The number of rotatable bonds is 6. The van der Waals surface area contributed by atoms with Gasteiger partial charge in [0.25, 0.3) is 0 Å². The van der Waals surface area contributed by atoms with Crippen molar-refractivity contribution in [1.29, 1.82) is 0 Å². The highest BCUT2D eigenvalue weighted by atomic mass is 32.1. The van der Waals surface area contributed by atoms with Crippen molar-refractivity contribution in [3.8, 4) is 16.3 Å². The van der Waals surface area contributed by atoms with Gasteiger partial charge in [0.15, 0.2) is 0 Å². The van der Waals surface area contributed by atoms with Crippen LogP contribution < -0.4 is 10.1 Å². The lowest BCUT2D eigenvalue weighted by atomic mass is 10.1. The summed E-state index contributed by atoms with van der Waals surface area (Å²) in [6, 6.07) is 10.0. The molecule has 5 rings (SSSR count). The highest BCUT2D eigenvalue weighted by Crippen LogP contribution is 2.35. The number of nitrogens with zero attached hydrogens (tertiary/aromatic N) is 4. The minimum Gasteiger partial charge on any atom is -0.487 e. The predicted octanol–water partition coefficient (Wildman–Crippen LogP) is 5.67. The number of benzene rings is 2. The first-order chi connectivity index (χ1) is 14.7. The molecule has 148 valence electrons. The standard InChI is InChI=1S/C21H14FN5OS2/c22-14-2-1-3-15(7-14)26-21-25-9-13-6-17(20-24-4-5-29-20)19(8-18(13)27-21)28-11-16-10-23-12-30-16/h1-10,12H,11H2,(H,25,26,27). The normalized spacial score (nSPS) is 11.0. The van der Waals surface area contributed by atoms with Crippen LogP contribution in [0.1, 0.15) is 4.88 Å². The van der Waals surface area contributed by atoms with E-state index in [1.54, 1.807) is 36.2 Å². The second kappa shape index (κ2) is 8.13. The van der Waals surface area contributed by atoms with Gasteiger partial charge in [-0.3, -0.25) is 4.98 Å². The minimum absolute atomic E-state index is 0.326. The average Bonchev–Trinajstić information content (AvgIpc) is 3.46. The molecule has 3 heterocycles. The van der Waals surface area contributed by atoms with Gasteiger partial charge in [0.1, 0.15) is 23.2 Å². The Kier molecular flexibility index (Phi) is 5.04. The number of thiazole rings is 2. The van der Waals surface area contributed by atoms with E-state index in [9.17, 15) is 4.39 Å². The van der Waals surface area contributed by atoms with Gasteiger partial charge in [-0.1, -0.05) is 6.07 Å². The van der Waals surface area contributed by atoms with E-state index in [2.05, 4.69) is 25.3 Å². The third-order valence-corrected chi connectivity index (χ3v) is 5.84. The summed E-state index contributed by atoms with van der Waals surface area (Å²) in [5.41, 5.74) is 3.95. The number of aromatic nitrogens is 4. The molecule has 0 spiro atoms. The summed E-state index contributed by atoms with van der Waals surface area (Å²) in [4.78, 5) is 18.5. The van der Waals surface area contributed by atoms with Crippen LogP contribution in [0.15, 0.2) is 65.9 Å². The van der Waals surface area contributed by atoms with E-state index in [1.807, 2.05) is 17.5 Å². The smallest absolute Gasteiger partial charge is 0.227 e. The van der Waals surface area contributed by atoms with E-state index in [-0.39, 0.29) is 5.82 Å². The molecule has 0 aliphatic heterocycles. The summed E-state index contributed by atoms with van der Waals surface area (Å²) in [6.45, 7) is 0.411. The molecule has 0 bridgehead atoms. The molecule has 0 unspecified atom stereocenters. The summed E-state index contributed by atoms with van der Waals surface area (Å²) in [5, 5.41) is 6.67. The molecule has 0 aliphatic rings. The molecule has 0 saturated carbocycles. The van der Waals surface area contributed by atoms with Crippen LogP contribution >= 0.6 is 22.7 Å². The highest BCUT2D eigenvalue weighted by molar-refractivity contribution is 7.13. The molecule has 5 aromatic rings. The van der Waals surface area contributed by atoms with E-state index in [1.165, 1.54) is 34.8 Å². The van der Waals surface area contributed by atoms with Crippen molar-refractivity contribution in [3.63, 3.8) is 0 Å². The van der Waals surface area contributed by atoms with Crippen molar-refractivity contribution in [1.82, 2.24) is 19.9 Å². The van der Waals surface area contributed by atoms with Crippen LogP contribution in [0.25, 0.3) is 21.5 Å². The maximum absolute atomic E-state index is 13.5. The van der Waals surface area contributed by atoms with Crippen LogP contribution in [-0.2, 0) is 6.61 Å². The molecule has 0 amide bonds. The zero-order valence-electron chi connectivity index (χ0n) is 15.4. The van der Waals surface area contributed by atoms with Gasteiger partial charge in [0.05, 0.1) is 21.5 Å². The van der Waals surface area contributed by atoms with Gasteiger partial charge in [0, 0.05) is 41.1 Å². The number of anilines is 2. The third kappa shape index (κ3) is 3.98. The molecule has 30 heavy (non-hydrogen) atoms. The molecule has 0 radical (unpaired) electrons. The summed E-state index contributed by atoms with van der Waals surface area (Å²) in [5.74, 6) is 0.734. The third-order valence-electron chi connectivity index (χ3n) is 4.28. The molecular weight excluding hydrogens is 421 g/mol. The zero-order valence-corrected chi connectivity index (χ0v) is 17.1. The number of hydrogen-bond donors (Lipinski definition) is 1. The summed E-state index contributed by atoms with van der Waals surface area (Å²) < 4.78 is 19.5. The fourth-order valence-corrected chi connectivity index (χ4v) is 4.09. The average molecular weight is 436 g/mol. The Morgan fingerprint density at radius 2 is 2.03 bits per heavy atom. The van der Waals surface area contributed by atoms with E-state index in [4.69, 9.17) is 4.74 Å². The predicted molar refractivity (Wildman–Crippen MR) is 117 cm³/mol. The lowest BCUT2D eigenvalue weighted by molar-refractivity contribution is 0.311. The molecular formula is C21H14FN5OS2. The van der Waals surface area contributed by atoms with Crippen molar-refractivity contribution in [3.05, 3.63) is 76.6 Å². The van der Waals surface area contributed by atoms with Crippen molar-refractivity contribution in [2.75, 3.05) is 5.32 Å². The molecule has 3 aromatic heterocycles. The van der Waals surface area contributed by atoms with E-state index < -0.39 is 0 Å². The molecule has 1 N–H and O–H groups in total. The highest BCUT2D eigenvalue weighted by Gasteiger charge is 2.13. The van der Waals surface area contributed by atoms with Gasteiger partial charge >= 0.3 is 0 Å². The molecule has 9 heteroatoms. The lowest BCUT2D eigenvalue weighted by Gasteiger charge is -2.12. The first-order valence-corrected chi connectivity index (χ1v) is 10.7. The first kappa shape index (κ1) is 18.6. The van der Waals surface area contributed by atoms with Crippen LogP contribution in [0.4, 0.5) is 16.0 Å². The van der Waals surface area contributed by atoms with Crippen LogP contribution in [0.3, 0.4) is 0 Å². The first-order valence-electron chi connectivity index (χ1n) is 8.98.